The molecular formula is C30H18Br2FN3O3. The lowest BCUT2D eigenvalue weighted by molar-refractivity contribution is 0.303. The van der Waals surface area contributed by atoms with Crippen LogP contribution in [0.15, 0.2) is 114 Å². The highest BCUT2D eigenvalue weighted by Crippen LogP contribution is 2.30. The summed E-state index contributed by atoms with van der Waals surface area (Å²) in [6, 6.07) is 26.3. The average Bonchev–Trinajstić information content (AvgIpc) is 3.35. The first kappa shape index (κ1) is 25.2. The molecule has 192 valence electrons. The molecule has 0 fully saturated rings. The van der Waals surface area contributed by atoms with Crippen molar-refractivity contribution in [2.75, 3.05) is 0 Å². The van der Waals surface area contributed by atoms with Crippen molar-refractivity contribution < 1.29 is 13.5 Å². The van der Waals surface area contributed by atoms with E-state index in [2.05, 4.69) is 37.0 Å². The van der Waals surface area contributed by atoms with E-state index in [0.717, 1.165) is 21.0 Å². The number of nitrogens with zero attached hydrogens (tertiary/aromatic N) is 3. The summed E-state index contributed by atoms with van der Waals surface area (Å²) in [4.78, 5) is 18.2. The Labute approximate surface area is 238 Å². The molecular weight excluding hydrogens is 629 g/mol. The predicted octanol–water partition coefficient (Wildman–Crippen LogP) is 7.94. The van der Waals surface area contributed by atoms with Crippen LogP contribution in [-0.2, 0) is 6.61 Å². The van der Waals surface area contributed by atoms with Gasteiger partial charge in [-0.05, 0) is 93.8 Å². The number of ether oxygens (including phenoxy) is 1. The molecule has 0 bridgehead atoms. The minimum absolute atomic E-state index is 0.222. The lowest BCUT2D eigenvalue weighted by atomic mass is 10.2. The zero-order valence-electron chi connectivity index (χ0n) is 20.1. The van der Waals surface area contributed by atoms with Gasteiger partial charge in [-0.1, -0.05) is 40.2 Å². The summed E-state index contributed by atoms with van der Waals surface area (Å²) in [6.07, 6.45) is 1.57. The molecule has 0 spiro atoms. The van der Waals surface area contributed by atoms with Gasteiger partial charge >= 0.3 is 0 Å². The van der Waals surface area contributed by atoms with Crippen LogP contribution in [0.4, 0.5) is 4.39 Å². The van der Waals surface area contributed by atoms with Gasteiger partial charge in [-0.2, -0.15) is 9.78 Å². The molecule has 0 N–H and O–H groups in total. The highest BCUT2D eigenvalue weighted by Gasteiger charge is 2.16. The van der Waals surface area contributed by atoms with Crippen LogP contribution in [0.1, 0.15) is 11.1 Å². The van der Waals surface area contributed by atoms with Gasteiger partial charge < -0.3 is 9.15 Å². The maximum absolute atomic E-state index is 13.5. The lowest BCUT2D eigenvalue weighted by Crippen LogP contribution is -2.20. The molecule has 0 unspecified atom stereocenters. The van der Waals surface area contributed by atoms with Gasteiger partial charge in [-0.15, -0.1) is 0 Å². The molecule has 9 heteroatoms. The normalized spacial score (nSPS) is 11.6. The molecule has 0 aliphatic carbocycles. The van der Waals surface area contributed by atoms with Crippen molar-refractivity contribution in [2.24, 2.45) is 5.10 Å². The minimum Gasteiger partial charge on any atom is -0.488 e. The highest BCUT2D eigenvalue weighted by molar-refractivity contribution is 9.10. The first-order chi connectivity index (χ1) is 18.9. The van der Waals surface area contributed by atoms with Gasteiger partial charge in [0, 0.05) is 9.86 Å². The van der Waals surface area contributed by atoms with Crippen LogP contribution in [0.5, 0.6) is 5.75 Å². The summed E-state index contributed by atoms with van der Waals surface area (Å²) in [5.74, 6) is 0.992. The quantitative estimate of drug-likeness (QED) is 0.172. The lowest BCUT2D eigenvalue weighted by Gasteiger charge is -2.09. The SMILES string of the molecule is O=c1c2ccccc2nc(-c2cc3cc(Br)ccc3o2)n1N=Cc1ccc(OCc2cccc(F)c2)c(Br)c1. The molecule has 0 aliphatic rings. The zero-order valence-corrected chi connectivity index (χ0v) is 23.3. The molecule has 0 saturated carbocycles. The third kappa shape index (κ3) is 5.28. The maximum atomic E-state index is 13.5. The van der Waals surface area contributed by atoms with E-state index in [-0.39, 0.29) is 23.8 Å². The number of benzene rings is 4. The Balaban J connectivity index is 1.35. The van der Waals surface area contributed by atoms with Gasteiger partial charge in [-0.3, -0.25) is 4.79 Å². The number of fused-ring (bicyclic) bond motifs is 2. The monoisotopic (exact) mass is 645 g/mol. The molecule has 2 aromatic heterocycles. The molecule has 0 saturated heterocycles. The van der Waals surface area contributed by atoms with Crippen molar-refractivity contribution in [1.82, 2.24) is 9.66 Å². The number of hydrogen-bond acceptors (Lipinski definition) is 5. The number of furan rings is 1. The van der Waals surface area contributed by atoms with E-state index in [1.54, 1.807) is 42.6 Å². The largest absolute Gasteiger partial charge is 0.488 e. The van der Waals surface area contributed by atoms with Gasteiger partial charge in [-0.25, -0.2) is 9.37 Å². The molecule has 4 aromatic carbocycles. The Hall–Kier alpha value is -4.08. The van der Waals surface area contributed by atoms with Crippen LogP contribution < -0.4 is 10.3 Å². The van der Waals surface area contributed by atoms with Crippen LogP contribution in [0, 0.1) is 5.82 Å². The predicted molar refractivity (Wildman–Crippen MR) is 157 cm³/mol. The summed E-state index contributed by atoms with van der Waals surface area (Å²) in [5, 5.41) is 5.82. The standard InChI is InChI=1S/C30H18Br2FN3O3/c31-21-9-11-26-20(14-21)15-28(39-26)29-35-25-7-2-1-6-23(25)30(37)36(29)34-16-18-8-10-27(24(32)13-18)38-17-19-4-3-5-22(33)12-19/h1-16H,17H2. The van der Waals surface area contributed by atoms with E-state index >= 15 is 0 Å². The van der Waals surface area contributed by atoms with E-state index in [9.17, 15) is 9.18 Å². The summed E-state index contributed by atoms with van der Waals surface area (Å²) >= 11 is 7.00. The van der Waals surface area contributed by atoms with Gasteiger partial charge in [0.2, 0.25) is 5.82 Å². The molecule has 6 rings (SSSR count). The fourth-order valence-electron chi connectivity index (χ4n) is 4.14. The Morgan fingerprint density at radius 1 is 0.974 bits per heavy atom. The molecule has 2 heterocycles. The van der Waals surface area contributed by atoms with Crippen LogP contribution in [0.2, 0.25) is 0 Å². The molecule has 0 aliphatic heterocycles. The smallest absolute Gasteiger partial charge is 0.282 e. The van der Waals surface area contributed by atoms with Crippen molar-refractivity contribution >= 4 is 59.9 Å². The van der Waals surface area contributed by atoms with Crippen molar-refractivity contribution in [3.8, 4) is 17.3 Å². The van der Waals surface area contributed by atoms with Gasteiger partial charge in [0.1, 0.15) is 23.8 Å². The highest BCUT2D eigenvalue weighted by atomic mass is 79.9. The van der Waals surface area contributed by atoms with Crippen LogP contribution in [-0.4, -0.2) is 15.9 Å². The summed E-state index contributed by atoms with van der Waals surface area (Å²) in [5.41, 5.74) is 2.35. The van der Waals surface area contributed by atoms with E-state index in [4.69, 9.17) is 14.1 Å². The summed E-state index contributed by atoms with van der Waals surface area (Å²) in [7, 11) is 0. The number of para-hydroxylation sites is 1. The minimum atomic E-state index is -0.317. The average molecular weight is 647 g/mol. The molecule has 39 heavy (non-hydrogen) atoms. The third-order valence-electron chi connectivity index (χ3n) is 6.01. The van der Waals surface area contributed by atoms with Crippen LogP contribution in [0.3, 0.4) is 0 Å². The van der Waals surface area contributed by atoms with Crippen LogP contribution in [0.25, 0.3) is 33.5 Å². The number of halogens is 3. The maximum Gasteiger partial charge on any atom is 0.282 e. The first-order valence-electron chi connectivity index (χ1n) is 11.9. The van der Waals surface area contributed by atoms with Gasteiger partial charge in [0.05, 0.1) is 21.6 Å². The first-order valence-corrected chi connectivity index (χ1v) is 13.5. The fraction of sp³-hybridized carbons (Fsp3) is 0.0333. The molecule has 0 amide bonds. The van der Waals surface area contributed by atoms with E-state index in [1.165, 1.54) is 16.8 Å². The number of aromatic nitrogens is 2. The van der Waals surface area contributed by atoms with Crippen molar-refractivity contribution in [3.05, 3.63) is 127 Å². The summed E-state index contributed by atoms with van der Waals surface area (Å²) in [6.45, 7) is 0.222. The third-order valence-corrected chi connectivity index (χ3v) is 7.13. The zero-order chi connectivity index (χ0) is 26.9. The van der Waals surface area contributed by atoms with E-state index in [0.29, 0.717) is 32.5 Å². The number of rotatable bonds is 6. The molecule has 0 atom stereocenters. The molecule has 0 radical (unpaired) electrons. The van der Waals surface area contributed by atoms with Crippen LogP contribution >= 0.6 is 31.9 Å². The van der Waals surface area contributed by atoms with E-state index < -0.39 is 0 Å². The number of hydrogen-bond donors (Lipinski definition) is 0. The fourth-order valence-corrected chi connectivity index (χ4v) is 5.03. The Morgan fingerprint density at radius 3 is 2.69 bits per heavy atom. The second-order valence-electron chi connectivity index (χ2n) is 8.72. The molecule has 6 nitrogen and oxygen atoms in total. The second-order valence-corrected chi connectivity index (χ2v) is 10.5. The second kappa shape index (κ2) is 10.6. The van der Waals surface area contributed by atoms with Gasteiger partial charge in [0.25, 0.3) is 5.56 Å². The van der Waals surface area contributed by atoms with Crippen molar-refractivity contribution in [3.63, 3.8) is 0 Å². The Morgan fingerprint density at radius 2 is 1.85 bits per heavy atom. The van der Waals surface area contributed by atoms with Gasteiger partial charge in [0.15, 0.2) is 5.76 Å². The topological polar surface area (TPSA) is 69.6 Å². The van der Waals surface area contributed by atoms with Crippen molar-refractivity contribution in [1.29, 1.82) is 0 Å². The Bertz CT molecular complexity index is 1950. The summed E-state index contributed by atoms with van der Waals surface area (Å²) < 4.78 is 28.2. The Kier molecular flexibility index (Phi) is 6.85. The molecule has 6 aromatic rings. The van der Waals surface area contributed by atoms with Crippen molar-refractivity contribution in [2.45, 2.75) is 6.61 Å². The van der Waals surface area contributed by atoms with E-state index in [1.807, 2.05) is 42.5 Å².